The van der Waals surface area contributed by atoms with Gasteiger partial charge in [-0.3, -0.25) is 0 Å². The van der Waals surface area contributed by atoms with Gasteiger partial charge in [-0.25, -0.2) is 14.4 Å². The summed E-state index contributed by atoms with van der Waals surface area (Å²) in [7, 11) is 0. The number of aliphatic imine (C=N–C) groups is 1. The minimum absolute atomic E-state index is 0.547. The number of rotatable bonds is 1. The molecule has 14 heavy (non-hydrogen) atoms. The molecule has 0 atom stereocenters. The number of aromatic nitrogens is 2. The van der Waals surface area contributed by atoms with Crippen LogP contribution in [0.1, 0.15) is 0 Å². The SMILES string of the molecule is Fc1cnc(N=C(Cl)C(F)(F)F)nc1. The van der Waals surface area contributed by atoms with E-state index in [2.05, 4.69) is 15.0 Å². The van der Waals surface area contributed by atoms with Gasteiger partial charge in [-0.05, 0) is 0 Å². The molecule has 0 aliphatic carbocycles. The standard InChI is InChI=1S/C6H2ClF4N3/c7-4(6(9,10)11)14-5-12-1-3(8)2-13-5/h1-2H. The van der Waals surface area contributed by atoms with Crippen LogP contribution in [0.2, 0.25) is 0 Å². The van der Waals surface area contributed by atoms with Crippen molar-refractivity contribution in [1.29, 1.82) is 0 Å². The first-order valence-electron chi connectivity index (χ1n) is 3.18. The molecule has 8 heteroatoms. The number of halogens is 5. The second-order valence-corrected chi connectivity index (χ2v) is 2.46. The lowest BCUT2D eigenvalue weighted by Crippen LogP contribution is -2.16. The van der Waals surface area contributed by atoms with Gasteiger partial charge in [0.25, 0.3) is 5.95 Å². The maximum atomic E-state index is 12.2. The van der Waals surface area contributed by atoms with Crippen molar-refractivity contribution in [3.05, 3.63) is 18.2 Å². The highest BCUT2D eigenvalue weighted by Crippen LogP contribution is 2.21. The Bertz CT molecular complexity index is 345. The van der Waals surface area contributed by atoms with E-state index >= 15 is 0 Å². The zero-order valence-corrected chi connectivity index (χ0v) is 7.14. The van der Waals surface area contributed by atoms with Crippen LogP contribution in [0.25, 0.3) is 0 Å². The lowest BCUT2D eigenvalue weighted by Gasteiger charge is -2.01. The summed E-state index contributed by atoms with van der Waals surface area (Å²) in [6, 6.07) is 0. The van der Waals surface area contributed by atoms with Crippen LogP contribution < -0.4 is 0 Å². The molecule has 1 aromatic heterocycles. The highest BCUT2D eigenvalue weighted by Gasteiger charge is 2.34. The summed E-state index contributed by atoms with van der Waals surface area (Å²) in [6.45, 7) is 0. The number of nitrogens with zero attached hydrogens (tertiary/aromatic N) is 3. The second-order valence-electron chi connectivity index (χ2n) is 2.10. The van der Waals surface area contributed by atoms with Crippen molar-refractivity contribution < 1.29 is 17.6 Å². The van der Waals surface area contributed by atoms with E-state index in [1.54, 1.807) is 0 Å². The zero-order chi connectivity index (χ0) is 10.8. The van der Waals surface area contributed by atoms with Crippen LogP contribution in [0.4, 0.5) is 23.5 Å². The van der Waals surface area contributed by atoms with Gasteiger partial charge in [0.15, 0.2) is 5.82 Å². The minimum Gasteiger partial charge on any atom is -0.217 e. The Hall–Kier alpha value is -1.24. The molecule has 1 aromatic rings. The molecule has 0 aliphatic rings. The molecule has 1 rings (SSSR count). The van der Waals surface area contributed by atoms with Gasteiger partial charge in [-0.2, -0.15) is 18.2 Å². The average Bonchev–Trinajstić information content (AvgIpc) is 2.07. The molecule has 0 aromatic carbocycles. The van der Waals surface area contributed by atoms with Crippen LogP contribution in [0.15, 0.2) is 17.4 Å². The molecule has 0 bridgehead atoms. The maximum Gasteiger partial charge on any atom is 0.444 e. The molecule has 0 aliphatic heterocycles. The van der Waals surface area contributed by atoms with Gasteiger partial charge in [-0.15, -0.1) is 0 Å². The van der Waals surface area contributed by atoms with Gasteiger partial charge in [0.2, 0.25) is 5.17 Å². The second kappa shape index (κ2) is 3.87. The lowest BCUT2D eigenvalue weighted by atomic mass is 10.6. The molecular weight excluding hydrogens is 226 g/mol. The Morgan fingerprint density at radius 3 is 2.21 bits per heavy atom. The van der Waals surface area contributed by atoms with E-state index in [-0.39, 0.29) is 0 Å². The summed E-state index contributed by atoms with van der Waals surface area (Å²) in [6.07, 6.45) is -3.38. The summed E-state index contributed by atoms with van der Waals surface area (Å²) < 4.78 is 47.7. The van der Waals surface area contributed by atoms with Gasteiger partial charge >= 0.3 is 6.18 Å². The monoisotopic (exact) mass is 227 g/mol. The van der Waals surface area contributed by atoms with Gasteiger partial charge in [0.05, 0.1) is 12.4 Å². The van der Waals surface area contributed by atoms with Crippen LogP contribution in [0.3, 0.4) is 0 Å². The van der Waals surface area contributed by atoms with Crippen LogP contribution in [-0.2, 0) is 0 Å². The first-order chi connectivity index (χ1) is 6.39. The summed E-state index contributed by atoms with van der Waals surface area (Å²) in [5.74, 6) is -1.32. The first kappa shape index (κ1) is 10.8. The molecular formula is C6H2ClF4N3. The fraction of sp³-hybridized carbons (Fsp3) is 0.167. The third-order valence-electron chi connectivity index (χ3n) is 1.04. The van der Waals surface area contributed by atoms with Crippen molar-refractivity contribution in [1.82, 2.24) is 9.97 Å². The van der Waals surface area contributed by atoms with Crippen molar-refractivity contribution in [3.8, 4) is 0 Å². The quantitative estimate of drug-likeness (QED) is 0.546. The molecule has 0 spiro atoms. The van der Waals surface area contributed by atoms with Gasteiger partial charge in [-0.1, -0.05) is 11.6 Å². The molecule has 76 valence electrons. The van der Waals surface area contributed by atoms with Crippen LogP contribution in [0.5, 0.6) is 0 Å². The van der Waals surface area contributed by atoms with E-state index in [9.17, 15) is 17.6 Å². The van der Waals surface area contributed by atoms with Crippen molar-refractivity contribution >= 4 is 22.7 Å². The fourth-order valence-electron chi connectivity index (χ4n) is 0.514. The Labute approximate surface area is 80.5 Å². The summed E-state index contributed by atoms with van der Waals surface area (Å²) in [5.41, 5.74) is 0. The Morgan fingerprint density at radius 1 is 1.29 bits per heavy atom. The minimum atomic E-state index is -4.75. The average molecular weight is 228 g/mol. The Kier molecular flexibility index (Phi) is 3.00. The molecule has 0 N–H and O–H groups in total. The Balaban J connectivity index is 2.93. The van der Waals surface area contributed by atoms with E-state index in [1.165, 1.54) is 0 Å². The molecule has 3 nitrogen and oxygen atoms in total. The summed E-state index contributed by atoms with van der Waals surface area (Å²) >= 11 is 4.78. The predicted molar refractivity (Wildman–Crippen MR) is 41.0 cm³/mol. The number of hydrogen-bond acceptors (Lipinski definition) is 3. The normalized spacial score (nSPS) is 13.1. The van der Waals surface area contributed by atoms with Crippen LogP contribution in [-0.4, -0.2) is 21.3 Å². The molecule has 0 radical (unpaired) electrons. The molecule has 0 fully saturated rings. The molecule has 1 heterocycles. The molecule has 0 saturated carbocycles. The largest absolute Gasteiger partial charge is 0.444 e. The van der Waals surface area contributed by atoms with Crippen molar-refractivity contribution in [2.45, 2.75) is 6.18 Å². The highest BCUT2D eigenvalue weighted by molar-refractivity contribution is 6.67. The fourth-order valence-corrected chi connectivity index (χ4v) is 0.590. The van der Waals surface area contributed by atoms with Crippen molar-refractivity contribution in [3.63, 3.8) is 0 Å². The van der Waals surface area contributed by atoms with E-state index in [0.717, 1.165) is 0 Å². The van der Waals surface area contributed by atoms with Gasteiger partial charge in [0.1, 0.15) is 0 Å². The highest BCUT2D eigenvalue weighted by atomic mass is 35.5. The molecule has 0 saturated heterocycles. The van der Waals surface area contributed by atoms with Crippen LogP contribution >= 0.6 is 11.6 Å². The third-order valence-corrected chi connectivity index (χ3v) is 1.34. The van der Waals surface area contributed by atoms with E-state index in [0.29, 0.717) is 12.4 Å². The first-order valence-corrected chi connectivity index (χ1v) is 3.56. The third kappa shape index (κ3) is 2.91. The van der Waals surface area contributed by atoms with E-state index < -0.39 is 23.1 Å². The zero-order valence-electron chi connectivity index (χ0n) is 6.39. The number of alkyl halides is 3. The number of hydrogen-bond donors (Lipinski definition) is 0. The topological polar surface area (TPSA) is 38.1 Å². The summed E-state index contributed by atoms with van der Waals surface area (Å²) in [4.78, 5) is 9.19. The smallest absolute Gasteiger partial charge is 0.217 e. The Morgan fingerprint density at radius 2 is 1.79 bits per heavy atom. The van der Waals surface area contributed by atoms with Gasteiger partial charge in [0, 0.05) is 0 Å². The van der Waals surface area contributed by atoms with Gasteiger partial charge < -0.3 is 0 Å². The van der Waals surface area contributed by atoms with E-state index in [1.807, 2.05) is 0 Å². The van der Waals surface area contributed by atoms with Crippen molar-refractivity contribution in [2.24, 2.45) is 4.99 Å². The maximum absolute atomic E-state index is 12.2. The van der Waals surface area contributed by atoms with Crippen LogP contribution in [0, 0.1) is 5.82 Å². The summed E-state index contributed by atoms with van der Waals surface area (Å²) in [5, 5.41) is -1.61. The lowest BCUT2D eigenvalue weighted by molar-refractivity contribution is -0.0558. The predicted octanol–water partition coefficient (Wildman–Crippen LogP) is 2.45. The van der Waals surface area contributed by atoms with Crippen molar-refractivity contribution in [2.75, 3.05) is 0 Å². The van der Waals surface area contributed by atoms with E-state index in [4.69, 9.17) is 11.6 Å². The molecule has 0 unspecified atom stereocenters. The molecule has 0 amide bonds.